The summed E-state index contributed by atoms with van der Waals surface area (Å²) in [5.41, 5.74) is 1.12. The van der Waals surface area contributed by atoms with Crippen LogP contribution in [0.4, 0.5) is 10.5 Å². The topological polar surface area (TPSA) is 105 Å². The van der Waals surface area contributed by atoms with E-state index in [1.807, 2.05) is 67.8 Å². The van der Waals surface area contributed by atoms with Crippen molar-refractivity contribution < 1.29 is 24.2 Å². The van der Waals surface area contributed by atoms with Crippen LogP contribution >= 0.6 is 67.8 Å². The predicted molar refractivity (Wildman–Crippen MR) is 105 cm³/mol. The number of carbonyl (C=O) groups is 3. The summed E-state index contributed by atoms with van der Waals surface area (Å²) in [6.45, 7) is 1.43. The molecule has 3 N–H and O–H groups in total. The number of hydrogen-bond donors (Lipinski definition) is 3. The number of halogens is 3. The molecule has 0 saturated heterocycles. The second-order valence-electron chi connectivity index (χ2n) is 4.00. The Bertz CT molecular complexity index is 648. The minimum absolute atomic E-state index is 0.0898. The van der Waals surface area contributed by atoms with E-state index in [4.69, 9.17) is 0 Å². The highest BCUT2D eigenvalue weighted by Crippen LogP contribution is 2.35. The Morgan fingerprint density at radius 1 is 1.14 bits per heavy atom. The largest absolute Gasteiger partial charge is 0.478 e. The molecular weight excluding hydrogens is 633 g/mol. The van der Waals surface area contributed by atoms with Crippen molar-refractivity contribution in [3.05, 3.63) is 21.8 Å². The first kappa shape index (κ1) is 19.7. The number of carbonyl (C=O) groups excluding carboxylic acids is 2. The summed E-state index contributed by atoms with van der Waals surface area (Å²) in [6.07, 6.45) is -0.622. The van der Waals surface area contributed by atoms with E-state index in [1.54, 1.807) is 0 Å². The first-order valence-corrected chi connectivity index (χ1v) is 8.96. The van der Waals surface area contributed by atoms with Crippen LogP contribution in [0.2, 0.25) is 0 Å². The number of amides is 2. The molecule has 0 aliphatic heterocycles. The van der Waals surface area contributed by atoms with E-state index in [1.165, 1.54) is 14.0 Å². The van der Waals surface area contributed by atoms with Crippen molar-refractivity contribution in [3.8, 4) is 0 Å². The first-order valence-electron chi connectivity index (χ1n) is 5.72. The fourth-order valence-corrected chi connectivity index (χ4v) is 5.86. The van der Waals surface area contributed by atoms with Crippen LogP contribution in [-0.4, -0.2) is 30.2 Å². The number of carboxylic acid groups (broad SMARTS) is 1. The zero-order valence-electron chi connectivity index (χ0n) is 11.4. The lowest BCUT2D eigenvalue weighted by Crippen LogP contribution is -2.25. The first-order chi connectivity index (χ1) is 10.2. The number of rotatable bonds is 4. The van der Waals surface area contributed by atoms with Crippen LogP contribution in [0.1, 0.15) is 22.8 Å². The molecule has 120 valence electrons. The molecule has 2 amide bonds. The van der Waals surface area contributed by atoms with Crippen molar-refractivity contribution in [1.82, 2.24) is 5.32 Å². The Labute approximate surface area is 167 Å². The highest BCUT2D eigenvalue weighted by atomic mass is 127. The fourth-order valence-electron chi connectivity index (χ4n) is 1.58. The minimum atomic E-state index is -1.10. The average molecular weight is 644 g/mol. The maximum atomic E-state index is 11.5. The smallest absolute Gasteiger partial charge is 0.407 e. The maximum Gasteiger partial charge on any atom is 0.407 e. The van der Waals surface area contributed by atoms with Gasteiger partial charge in [0.15, 0.2) is 0 Å². The zero-order chi connectivity index (χ0) is 17.0. The van der Waals surface area contributed by atoms with E-state index in [0.717, 1.165) is 0 Å². The van der Waals surface area contributed by atoms with Crippen molar-refractivity contribution in [2.45, 2.75) is 13.5 Å². The lowest BCUT2D eigenvalue weighted by molar-refractivity contribution is -0.114. The van der Waals surface area contributed by atoms with Crippen LogP contribution in [0.25, 0.3) is 0 Å². The number of alkyl carbamates (subject to hydrolysis) is 1. The second kappa shape index (κ2) is 8.47. The van der Waals surface area contributed by atoms with Crippen molar-refractivity contribution in [2.24, 2.45) is 0 Å². The number of carboxylic acids is 1. The van der Waals surface area contributed by atoms with Crippen molar-refractivity contribution >= 4 is 91.4 Å². The summed E-state index contributed by atoms with van der Waals surface area (Å²) in [5.74, 6) is -1.41. The van der Waals surface area contributed by atoms with E-state index >= 15 is 0 Å². The van der Waals surface area contributed by atoms with Crippen LogP contribution in [-0.2, 0) is 16.1 Å². The molecule has 0 heterocycles. The monoisotopic (exact) mass is 644 g/mol. The Kier molecular flexibility index (Phi) is 7.57. The fraction of sp³-hybridized carbons (Fsp3) is 0.250. The van der Waals surface area contributed by atoms with Gasteiger partial charge in [0, 0.05) is 26.2 Å². The third-order valence-corrected chi connectivity index (χ3v) is 5.98. The predicted octanol–water partition coefficient (Wildman–Crippen LogP) is 3.01. The van der Waals surface area contributed by atoms with Crippen LogP contribution in [0, 0.1) is 10.7 Å². The highest BCUT2D eigenvalue weighted by molar-refractivity contribution is 14.1. The van der Waals surface area contributed by atoms with Gasteiger partial charge in [-0.15, -0.1) is 0 Å². The molecule has 0 spiro atoms. The molecule has 0 atom stereocenters. The van der Waals surface area contributed by atoms with Crippen LogP contribution in [0.5, 0.6) is 0 Å². The van der Waals surface area contributed by atoms with Crippen LogP contribution in [0.3, 0.4) is 0 Å². The molecule has 7 nitrogen and oxygen atoms in total. The molecule has 0 aliphatic carbocycles. The molecule has 1 rings (SSSR count). The van der Waals surface area contributed by atoms with E-state index in [-0.39, 0.29) is 18.0 Å². The van der Waals surface area contributed by atoms with E-state index in [9.17, 15) is 19.5 Å². The molecule has 0 fully saturated rings. The normalized spacial score (nSPS) is 10.0. The molecule has 1 aromatic rings. The molecule has 0 radical (unpaired) electrons. The number of hydrogen-bond acceptors (Lipinski definition) is 4. The third-order valence-electron chi connectivity index (χ3n) is 2.52. The number of anilines is 1. The number of aromatic carboxylic acids is 1. The highest BCUT2D eigenvalue weighted by Gasteiger charge is 2.24. The molecule has 0 unspecified atom stereocenters. The van der Waals surface area contributed by atoms with E-state index in [2.05, 4.69) is 15.4 Å². The van der Waals surface area contributed by atoms with E-state index in [0.29, 0.717) is 22.0 Å². The number of nitrogens with one attached hydrogen (secondary N) is 2. The van der Waals surface area contributed by atoms with Crippen molar-refractivity contribution in [1.29, 1.82) is 0 Å². The van der Waals surface area contributed by atoms with Crippen molar-refractivity contribution in [3.63, 3.8) is 0 Å². The standard InChI is InChI=1S/C12H11I3N2O5/c1-4(18)17-10-8(14)5(3-16-12(21)22-2)7(13)6(9(10)15)11(19)20/h3H2,1-2H3,(H,16,21)(H,17,18)(H,19,20). The number of methoxy groups -OCH3 is 1. The van der Waals surface area contributed by atoms with Gasteiger partial charge in [-0.25, -0.2) is 9.59 Å². The Balaban J connectivity index is 3.47. The minimum Gasteiger partial charge on any atom is -0.478 e. The lowest BCUT2D eigenvalue weighted by Gasteiger charge is -2.18. The number of benzene rings is 1. The third kappa shape index (κ3) is 4.56. The van der Waals surface area contributed by atoms with Gasteiger partial charge < -0.3 is 20.5 Å². The zero-order valence-corrected chi connectivity index (χ0v) is 17.9. The summed E-state index contributed by atoms with van der Waals surface area (Å²) < 4.78 is 6.12. The van der Waals surface area contributed by atoms with Gasteiger partial charge in [0.05, 0.1) is 21.9 Å². The molecule has 1 aromatic carbocycles. The van der Waals surface area contributed by atoms with Crippen LogP contribution < -0.4 is 10.6 Å². The van der Waals surface area contributed by atoms with Crippen LogP contribution in [0.15, 0.2) is 0 Å². The molecule has 10 heteroatoms. The summed E-state index contributed by atoms with van der Waals surface area (Å²) in [6, 6.07) is 0. The van der Waals surface area contributed by atoms with Gasteiger partial charge in [0.25, 0.3) is 0 Å². The van der Waals surface area contributed by atoms with Crippen molar-refractivity contribution in [2.75, 3.05) is 12.4 Å². The Morgan fingerprint density at radius 3 is 2.18 bits per heavy atom. The van der Waals surface area contributed by atoms with E-state index < -0.39 is 12.1 Å². The quantitative estimate of drug-likeness (QED) is 0.438. The maximum absolute atomic E-state index is 11.5. The number of ether oxygens (including phenoxy) is 1. The molecule has 0 bridgehead atoms. The Hall–Kier alpha value is -0.380. The summed E-state index contributed by atoms with van der Waals surface area (Å²) in [5, 5.41) is 14.6. The average Bonchev–Trinajstić information content (AvgIpc) is 2.42. The van der Waals surface area contributed by atoms with Gasteiger partial charge >= 0.3 is 12.1 Å². The molecule has 22 heavy (non-hydrogen) atoms. The molecule has 0 aliphatic rings. The summed E-state index contributed by atoms with van der Waals surface area (Å²) >= 11 is 5.83. The van der Waals surface area contributed by atoms with Gasteiger partial charge in [0.2, 0.25) is 5.91 Å². The van der Waals surface area contributed by atoms with Gasteiger partial charge in [-0.1, -0.05) is 0 Å². The summed E-state index contributed by atoms with van der Waals surface area (Å²) in [4.78, 5) is 34.1. The molecular formula is C12H11I3N2O5. The van der Waals surface area contributed by atoms with Gasteiger partial charge in [-0.2, -0.15) is 0 Å². The van der Waals surface area contributed by atoms with Gasteiger partial charge in [-0.05, 0) is 67.8 Å². The summed E-state index contributed by atoms with van der Waals surface area (Å²) in [7, 11) is 1.24. The molecule has 0 aromatic heterocycles. The Morgan fingerprint density at radius 2 is 1.73 bits per heavy atom. The SMILES string of the molecule is COC(=O)NCc1c(I)c(NC(C)=O)c(I)c(C(=O)O)c1I. The lowest BCUT2D eigenvalue weighted by atomic mass is 10.1. The second-order valence-corrected chi connectivity index (χ2v) is 7.24. The van der Waals surface area contributed by atoms with Gasteiger partial charge in [0.1, 0.15) is 0 Å². The molecule has 0 saturated carbocycles. The van der Waals surface area contributed by atoms with Gasteiger partial charge in [-0.3, -0.25) is 4.79 Å².